The van der Waals surface area contributed by atoms with Crippen molar-refractivity contribution in [3.8, 4) is 0 Å². The average molecular weight is 261 g/mol. The predicted molar refractivity (Wildman–Crippen MR) is 58.9 cm³/mol. The number of halogens is 2. The van der Waals surface area contributed by atoms with Crippen LogP contribution >= 0.6 is 23.2 Å². The van der Waals surface area contributed by atoms with E-state index in [0.29, 0.717) is 15.8 Å². The van der Waals surface area contributed by atoms with Gasteiger partial charge in [-0.05, 0) is 23.2 Å². The highest BCUT2D eigenvalue weighted by atomic mass is 35.5. The Kier molecular flexibility index (Phi) is 2.93. The maximum absolute atomic E-state index is 10.7. The minimum atomic E-state index is -2.28. The van der Waals surface area contributed by atoms with Crippen molar-refractivity contribution >= 4 is 45.1 Å². The summed E-state index contributed by atoms with van der Waals surface area (Å²) in [5.74, 6) is 0. The largest absolute Gasteiger partial charge is 0.768 e. The van der Waals surface area contributed by atoms with E-state index in [4.69, 9.17) is 23.2 Å². The summed E-state index contributed by atoms with van der Waals surface area (Å²) in [6.45, 7) is 0. The van der Waals surface area contributed by atoms with E-state index in [1.54, 1.807) is 6.07 Å². The summed E-state index contributed by atoms with van der Waals surface area (Å²) in [7, 11) is 0. The molecule has 2 aromatic rings. The number of nitrogens with zero attached hydrogens (tertiary/aromatic N) is 1. The van der Waals surface area contributed by atoms with Gasteiger partial charge in [0.15, 0.2) is 0 Å². The molecule has 0 saturated carbocycles. The van der Waals surface area contributed by atoms with Crippen LogP contribution in [0.25, 0.3) is 10.8 Å². The highest BCUT2D eigenvalue weighted by molar-refractivity contribution is 7.79. The van der Waals surface area contributed by atoms with Gasteiger partial charge in [0.1, 0.15) is 5.15 Å². The Morgan fingerprint density at radius 3 is 2.67 bits per heavy atom. The Labute approximate surface area is 98.3 Å². The number of benzene rings is 1. The summed E-state index contributed by atoms with van der Waals surface area (Å²) in [5, 5.41) is 1.90. The van der Waals surface area contributed by atoms with Crippen molar-refractivity contribution in [1.29, 1.82) is 0 Å². The van der Waals surface area contributed by atoms with Gasteiger partial charge in [-0.15, -0.1) is 0 Å². The number of rotatable bonds is 1. The Morgan fingerprint density at radius 1 is 1.27 bits per heavy atom. The maximum atomic E-state index is 10.7. The quantitative estimate of drug-likeness (QED) is 0.585. The summed E-state index contributed by atoms with van der Waals surface area (Å²) in [6.07, 6.45) is 1.43. The topological polar surface area (TPSA) is 53.0 Å². The van der Waals surface area contributed by atoms with Crippen LogP contribution in [0.15, 0.2) is 29.3 Å². The maximum Gasteiger partial charge on any atom is 0.136 e. The van der Waals surface area contributed by atoms with Crippen molar-refractivity contribution in [1.82, 2.24) is 4.98 Å². The molecule has 1 aromatic heterocycles. The van der Waals surface area contributed by atoms with Crippen LogP contribution < -0.4 is 0 Å². The Balaban J connectivity index is 2.81. The normalized spacial score (nSPS) is 13.0. The van der Waals surface area contributed by atoms with Crippen molar-refractivity contribution in [2.24, 2.45) is 0 Å². The lowest BCUT2D eigenvalue weighted by molar-refractivity contribution is 0.537. The molecule has 0 radical (unpaired) electrons. The van der Waals surface area contributed by atoms with Crippen LogP contribution in [-0.4, -0.2) is 13.7 Å². The number of fused-ring (bicyclic) bond motifs is 1. The highest BCUT2D eigenvalue weighted by Crippen LogP contribution is 2.28. The van der Waals surface area contributed by atoms with E-state index >= 15 is 0 Å². The summed E-state index contributed by atoms with van der Waals surface area (Å²) in [5.41, 5.74) is 0. The van der Waals surface area contributed by atoms with E-state index in [2.05, 4.69) is 4.98 Å². The van der Waals surface area contributed by atoms with Gasteiger partial charge < -0.3 is 4.55 Å². The summed E-state index contributed by atoms with van der Waals surface area (Å²) >= 11 is 9.44. The number of hydrogen-bond donors (Lipinski definition) is 0. The van der Waals surface area contributed by atoms with Crippen LogP contribution in [0.3, 0.4) is 0 Å². The molecule has 15 heavy (non-hydrogen) atoms. The molecule has 0 spiro atoms. The molecule has 0 bridgehead atoms. The van der Waals surface area contributed by atoms with E-state index < -0.39 is 11.1 Å². The molecule has 1 heterocycles. The third-order valence-corrected chi connectivity index (χ3v) is 3.20. The van der Waals surface area contributed by atoms with Crippen LogP contribution in [0.2, 0.25) is 10.2 Å². The Morgan fingerprint density at radius 2 is 2.00 bits per heavy atom. The van der Waals surface area contributed by atoms with Gasteiger partial charge in [0.2, 0.25) is 0 Å². The molecule has 6 heteroatoms. The Hall–Kier alpha value is -0.680. The van der Waals surface area contributed by atoms with Crippen LogP contribution in [0.4, 0.5) is 0 Å². The van der Waals surface area contributed by atoms with Gasteiger partial charge in [-0.2, -0.15) is 0 Å². The first-order chi connectivity index (χ1) is 7.09. The van der Waals surface area contributed by atoms with E-state index in [0.717, 1.165) is 0 Å². The monoisotopic (exact) mass is 260 g/mol. The standard InChI is InChI=1S/C9H5Cl2NO2S/c10-8-4-12-9(11)7-3-5(15(13)14)1-2-6(7)8/h1-4H,(H,13,14)/p-1. The first kappa shape index (κ1) is 10.8. The fraction of sp³-hybridized carbons (Fsp3) is 0. The van der Waals surface area contributed by atoms with Crippen LogP contribution in [0.1, 0.15) is 0 Å². The molecule has 0 fully saturated rings. The van der Waals surface area contributed by atoms with E-state index in [9.17, 15) is 8.76 Å². The molecule has 78 valence electrons. The zero-order valence-electron chi connectivity index (χ0n) is 7.24. The molecule has 1 aromatic carbocycles. The second-order valence-electron chi connectivity index (χ2n) is 2.84. The highest BCUT2D eigenvalue weighted by Gasteiger charge is 2.05. The van der Waals surface area contributed by atoms with Crippen LogP contribution in [0.5, 0.6) is 0 Å². The fourth-order valence-electron chi connectivity index (χ4n) is 1.26. The van der Waals surface area contributed by atoms with Crippen molar-refractivity contribution in [3.63, 3.8) is 0 Å². The molecule has 1 unspecified atom stereocenters. The molecule has 0 saturated heterocycles. The number of aromatic nitrogens is 1. The van der Waals surface area contributed by atoms with Gasteiger partial charge >= 0.3 is 0 Å². The summed E-state index contributed by atoms with van der Waals surface area (Å²) in [6, 6.07) is 4.52. The third kappa shape index (κ3) is 1.99. The molecule has 0 aliphatic heterocycles. The molecular weight excluding hydrogens is 257 g/mol. The fourth-order valence-corrected chi connectivity index (χ4v) is 2.07. The number of pyridine rings is 1. The first-order valence-electron chi connectivity index (χ1n) is 3.92. The van der Waals surface area contributed by atoms with Crippen LogP contribution in [0, 0.1) is 0 Å². The molecular formula is C9H4Cl2NO2S-. The molecule has 2 rings (SSSR count). The van der Waals surface area contributed by atoms with Gasteiger partial charge in [-0.1, -0.05) is 29.3 Å². The Bertz CT molecular complexity index is 559. The van der Waals surface area contributed by atoms with Crippen molar-refractivity contribution in [3.05, 3.63) is 34.6 Å². The first-order valence-corrected chi connectivity index (χ1v) is 5.75. The SMILES string of the molecule is O=S([O-])c1ccc2c(Cl)cnc(Cl)c2c1. The van der Waals surface area contributed by atoms with Crippen molar-refractivity contribution in [2.45, 2.75) is 4.90 Å². The van der Waals surface area contributed by atoms with Crippen molar-refractivity contribution in [2.75, 3.05) is 0 Å². The average Bonchev–Trinajstić information content (AvgIpc) is 2.23. The molecule has 3 nitrogen and oxygen atoms in total. The molecule has 0 amide bonds. The minimum Gasteiger partial charge on any atom is -0.768 e. The lowest BCUT2D eigenvalue weighted by Crippen LogP contribution is -1.89. The van der Waals surface area contributed by atoms with E-state index in [1.807, 2.05) is 0 Å². The zero-order valence-corrected chi connectivity index (χ0v) is 9.57. The number of hydrogen-bond acceptors (Lipinski definition) is 3. The van der Waals surface area contributed by atoms with E-state index in [1.165, 1.54) is 18.3 Å². The van der Waals surface area contributed by atoms with Gasteiger partial charge in [0.25, 0.3) is 0 Å². The van der Waals surface area contributed by atoms with Crippen molar-refractivity contribution < 1.29 is 8.76 Å². The third-order valence-electron chi connectivity index (χ3n) is 1.95. The second-order valence-corrected chi connectivity index (χ2v) is 4.55. The molecule has 0 N–H and O–H groups in total. The molecule has 1 atom stereocenters. The van der Waals surface area contributed by atoms with Gasteiger partial charge in [-0.3, -0.25) is 4.21 Å². The van der Waals surface area contributed by atoms with E-state index in [-0.39, 0.29) is 10.0 Å². The predicted octanol–water partition coefficient (Wildman–Crippen LogP) is 2.78. The smallest absolute Gasteiger partial charge is 0.136 e. The zero-order chi connectivity index (χ0) is 11.0. The van der Waals surface area contributed by atoms with Gasteiger partial charge in [-0.25, -0.2) is 4.98 Å². The second kappa shape index (κ2) is 4.06. The van der Waals surface area contributed by atoms with Gasteiger partial charge in [0.05, 0.1) is 5.02 Å². The lowest BCUT2D eigenvalue weighted by atomic mass is 10.2. The van der Waals surface area contributed by atoms with Gasteiger partial charge in [0, 0.05) is 21.9 Å². The summed E-state index contributed by atoms with van der Waals surface area (Å²) < 4.78 is 21.5. The minimum absolute atomic E-state index is 0.161. The van der Waals surface area contributed by atoms with Crippen LogP contribution in [-0.2, 0) is 11.1 Å². The lowest BCUT2D eigenvalue weighted by Gasteiger charge is -2.07. The summed E-state index contributed by atoms with van der Waals surface area (Å²) in [4.78, 5) is 4.00. The molecule has 0 aliphatic rings. The molecule has 0 aliphatic carbocycles.